The molecular formula is C20H41N. The third-order valence-corrected chi connectivity index (χ3v) is 4.11. The molecule has 0 aliphatic heterocycles. The fraction of sp³-hybridized carbons (Fsp3) is 0.900. The molecule has 0 radical (unpaired) electrons. The van der Waals surface area contributed by atoms with Crippen molar-refractivity contribution >= 4 is 0 Å². The second-order valence-corrected chi connectivity index (χ2v) is 6.73. The maximum absolute atomic E-state index is 3.48. The van der Waals surface area contributed by atoms with E-state index in [1.807, 2.05) is 0 Å². The third-order valence-electron chi connectivity index (χ3n) is 4.11. The van der Waals surface area contributed by atoms with Gasteiger partial charge in [0.1, 0.15) is 0 Å². The molecule has 0 heterocycles. The lowest BCUT2D eigenvalue weighted by atomic mass is 10.0. The molecule has 0 unspecified atom stereocenters. The van der Waals surface area contributed by atoms with Crippen molar-refractivity contribution in [2.24, 2.45) is 0 Å². The fourth-order valence-electron chi connectivity index (χ4n) is 2.65. The first-order valence-corrected chi connectivity index (χ1v) is 9.61. The van der Waals surface area contributed by atoms with Gasteiger partial charge in [0, 0.05) is 6.54 Å². The Morgan fingerprint density at radius 2 is 1.10 bits per heavy atom. The molecule has 0 bridgehead atoms. The van der Waals surface area contributed by atoms with Crippen LogP contribution >= 0.6 is 0 Å². The number of nitrogens with one attached hydrogen (secondary N) is 1. The number of allylic oxidation sites excluding steroid dienone is 1. The van der Waals surface area contributed by atoms with Crippen LogP contribution in [0.3, 0.4) is 0 Å². The van der Waals surface area contributed by atoms with Crippen molar-refractivity contribution in [3.63, 3.8) is 0 Å². The predicted octanol–water partition coefficient (Wildman–Crippen LogP) is 6.63. The zero-order chi connectivity index (χ0) is 15.6. The lowest BCUT2D eigenvalue weighted by molar-refractivity contribution is 0.535. The highest BCUT2D eigenvalue weighted by atomic mass is 14.8. The van der Waals surface area contributed by atoms with E-state index in [0.29, 0.717) is 0 Å². The van der Waals surface area contributed by atoms with Gasteiger partial charge >= 0.3 is 0 Å². The zero-order valence-corrected chi connectivity index (χ0v) is 15.2. The lowest BCUT2D eigenvalue weighted by Crippen LogP contribution is -2.15. The summed E-state index contributed by atoms with van der Waals surface area (Å²) in [6, 6.07) is 0. The Bertz CT molecular complexity index is 216. The van der Waals surface area contributed by atoms with E-state index in [1.54, 1.807) is 0 Å². The van der Waals surface area contributed by atoms with Crippen LogP contribution in [0.2, 0.25) is 0 Å². The predicted molar refractivity (Wildman–Crippen MR) is 98.0 cm³/mol. The van der Waals surface area contributed by atoms with Gasteiger partial charge < -0.3 is 5.32 Å². The van der Waals surface area contributed by atoms with Crippen molar-refractivity contribution in [1.29, 1.82) is 0 Å². The van der Waals surface area contributed by atoms with Crippen LogP contribution in [-0.4, -0.2) is 13.1 Å². The van der Waals surface area contributed by atoms with Crippen LogP contribution in [-0.2, 0) is 0 Å². The SMILES string of the molecule is CCCCCCCCCCCCCCCNCC=C(C)C. The smallest absolute Gasteiger partial charge is 0.0137 e. The highest BCUT2D eigenvalue weighted by Crippen LogP contribution is 2.12. The van der Waals surface area contributed by atoms with Crippen molar-refractivity contribution in [1.82, 2.24) is 5.32 Å². The van der Waals surface area contributed by atoms with Gasteiger partial charge in [0.2, 0.25) is 0 Å². The zero-order valence-electron chi connectivity index (χ0n) is 15.2. The molecule has 0 aromatic carbocycles. The molecule has 0 aliphatic carbocycles. The molecule has 1 N–H and O–H groups in total. The minimum absolute atomic E-state index is 1.04. The van der Waals surface area contributed by atoms with Crippen molar-refractivity contribution in [3.05, 3.63) is 11.6 Å². The molecule has 0 saturated carbocycles. The standard InChI is InChI=1S/C20H41N/c1-4-5-6-7-8-9-10-11-12-13-14-15-16-18-21-19-17-20(2)3/h17,21H,4-16,18-19H2,1-3H3. The number of rotatable bonds is 16. The number of unbranched alkanes of at least 4 members (excludes halogenated alkanes) is 12. The van der Waals surface area contributed by atoms with Crippen molar-refractivity contribution in [2.75, 3.05) is 13.1 Å². The molecule has 0 saturated heterocycles. The maximum atomic E-state index is 3.48. The molecule has 0 fully saturated rings. The maximum Gasteiger partial charge on any atom is 0.0137 e. The Balaban J connectivity index is 2.98. The van der Waals surface area contributed by atoms with E-state index in [-0.39, 0.29) is 0 Å². The summed E-state index contributed by atoms with van der Waals surface area (Å²) in [6.07, 6.45) is 20.9. The summed E-state index contributed by atoms with van der Waals surface area (Å²) in [6.45, 7) is 8.83. The van der Waals surface area contributed by atoms with Crippen LogP contribution in [0.5, 0.6) is 0 Å². The van der Waals surface area contributed by atoms with Crippen molar-refractivity contribution in [2.45, 2.75) is 104 Å². The normalized spacial score (nSPS) is 10.8. The van der Waals surface area contributed by atoms with Gasteiger partial charge in [0.05, 0.1) is 0 Å². The van der Waals surface area contributed by atoms with E-state index in [2.05, 4.69) is 32.2 Å². The molecule has 0 aromatic rings. The summed E-state index contributed by atoms with van der Waals surface area (Å²) in [5.74, 6) is 0. The van der Waals surface area contributed by atoms with E-state index in [4.69, 9.17) is 0 Å². The van der Waals surface area contributed by atoms with Crippen LogP contribution in [0.15, 0.2) is 11.6 Å². The highest BCUT2D eigenvalue weighted by molar-refractivity contribution is 4.94. The quantitative estimate of drug-likeness (QED) is 0.249. The van der Waals surface area contributed by atoms with E-state index in [1.165, 1.54) is 95.6 Å². The first kappa shape index (κ1) is 20.7. The summed E-state index contributed by atoms with van der Waals surface area (Å²) in [5.41, 5.74) is 1.41. The molecular weight excluding hydrogens is 254 g/mol. The molecule has 0 rings (SSSR count). The van der Waals surface area contributed by atoms with Crippen LogP contribution < -0.4 is 5.32 Å². The summed E-state index contributed by atoms with van der Waals surface area (Å²) in [5, 5.41) is 3.48. The van der Waals surface area contributed by atoms with Crippen molar-refractivity contribution < 1.29 is 0 Å². The first-order valence-electron chi connectivity index (χ1n) is 9.61. The second kappa shape index (κ2) is 17.8. The molecule has 1 nitrogen and oxygen atoms in total. The Hall–Kier alpha value is -0.300. The van der Waals surface area contributed by atoms with Gasteiger partial charge in [-0.15, -0.1) is 0 Å². The number of hydrogen-bond donors (Lipinski definition) is 1. The van der Waals surface area contributed by atoms with Gasteiger partial charge in [-0.1, -0.05) is 95.6 Å². The van der Waals surface area contributed by atoms with Crippen molar-refractivity contribution in [3.8, 4) is 0 Å². The Morgan fingerprint density at radius 1 is 0.667 bits per heavy atom. The van der Waals surface area contributed by atoms with Gasteiger partial charge in [-0.25, -0.2) is 0 Å². The van der Waals surface area contributed by atoms with E-state index < -0.39 is 0 Å². The Morgan fingerprint density at radius 3 is 1.52 bits per heavy atom. The lowest BCUT2D eigenvalue weighted by Gasteiger charge is -2.04. The third kappa shape index (κ3) is 19.7. The average molecular weight is 296 g/mol. The van der Waals surface area contributed by atoms with Crippen LogP contribution in [0.25, 0.3) is 0 Å². The van der Waals surface area contributed by atoms with Gasteiger partial charge in [-0.05, 0) is 26.8 Å². The second-order valence-electron chi connectivity index (χ2n) is 6.73. The fourth-order valence-corrected chi connectivity index (χ4v) is 2.65. The average Bonchev–Trinajstić information content (AvgIpc) is 2.46. The summed E-state index contributed by atoms with van der Waals surface area (Å²) in [4.78, 5) is 0. The summed E-state index contributed by atoms with van der Waals surface area (Å²) in [7, 11) is 0. The first-order chi connectivity index (χ1) is 10.3. The highest BCUT2D eigenvalue weighted by Gasteiger charge is 1.93. The molecule has 0 aliphatic rings. The largest absolute Gasteiger partial charge is 0.313 e. The molecule has 21 heavy (non-hydrogen) atoms. The molecule has 0 spiro atoms. The molecule has 1 heteroatoms. The summed E-state index contributed by atoms with van der Waals surface area (Å²) >= 11 is 0. The minimum Gasteiger partial charge on any atom is -0.313 e. The number of hydrogen-bond acceptors (Lipinski definition) is 1. The van der Waals surface area contributed by atoms with Gasteiger partial charge in [-0.2, -0.15) is 0 Å². The molecule has 0 amide bonds. The molecule has 126 valence electrons. The van der Waals surface area contributed by atoms with Gasteiger partial charge in [0.15, 0.2) is 0 Å². The summed E-state index contributed by atoms with van der Waals surface area (Å²) < 4.78 is 0. The molecule has 0 atom stereocenters. The minimum atomic E-state index is 1.04. The Labute approximate surface area is 135 Å². The van der Waals surface area contributed by atoms with Gasteiger partial charge in [0.25, 0.3) is 0 Å². The van der Waals surface area contributed by atoms with E-state index in [0.717, 1.165) is 6.54 Å². The monoisotopic (exact) mass is 295 g/mol. The van der Waals surface area contributed by atoms with Gasteiger partial charge in [-0.3, -0.25) is 0 Å². The van der Waals surface area contributed by atoms with E-state index >= 15 is 0 Å². The Kier molecular flexibility index (Phi) is 17.5. The van der Waals surface area contributed by atoms with E-state index in [9.17, 15) is 0 Å². The molecule has 0 aromatic heterocycles. The topological polar surface area (TPSA) is 12.0 Å². The van der Waals surface area contributed by atoms with Crippen LogP contribution in [0.1, 0.15) is 104 Å². The van der Waals surface area contributed by atoms with Crippen LogP contribution in [0, 0.1) is 0 Å². The van der Waals surface area contributed by atoms with Crippen LogP contribution in [0.4, 0.5) is 0 Å².